The topological polar surface area (TPSA) is 391 Å². The zero-order valence-corrected chi connectivity index (χ0v) is 45.6. The van der Waals surface area contributed by atoms with Crippen molar-refractivity contribution in [1.82, 2.24) is 16.1 Å². The molecule has 3 aliphatic rings. The van der Waals surface area contributed by atoms with Crippen LogP contribution in [0.2, 0.25) is 0 Å². The maximum atomic E-state index is 14.7. The fourth-order valence-corrected chi connectivity index (χ4v) is 11.9. The number of hydrogen-bond acceptors (Lipinski definition) is 15. The molecule has 2 heterocycles. The largest absolute Gasteiger partial charge is 0.355 e. The average molecular weight is 1150 g/mol. The van der Waals surface area contributed by atoms with Crippen LogP contribution in [0, 0.1) is 5.41 Å². The predicted octanol–water partition coefficient (Wildman–Crippen LogP) is 2.65. The summed E-state index contributed by atoms with van der Waals surface area (Å²) in [6.07, 6.45) is 8.48. The van der Waals surface area contributed by atoms with Crippen molar-refractivity contribution >= 4 is 85.4 Å². The van der Waals surface area contributed by atoms with Gasteiger partial charge in [-0.1, -0.05) is 38.5 Å². The molecular weight excluding hydrogens is 1080 g/mol. The van der Waals surface area contributed by atoms with E-state index in [1.807, 2.05) is 5.43 Å². The molecule has 414 valence electrons. The molecule has 0 fully saturated rings. The maximum absolute atomic E-state index is 14.7. The summed E-state index contributed by atoms with van der Waals surface area (Å²) in [4.78, 5) is 41.9. The lowest BCUT2D eigenvalue weighted by Gasteiger charge is -2.35. The molecule has 0 radical (unpaired) electrons. The number of nitrogens with zero attached hydrogens (tertiary/aromatic N) is 2. The summed E-state index contributed by atoms with van der Waals surface area (Å²) in [5.74, 6) is 0.863. The van der Waals surface area contributed by atoms with Crippen LogP contribution in [0.3, 0.4) is 0 Å². The Balaban J connectivity index is 1.72. The predicted molar refractivity (Wildman–Crippen MR) is 276 cm³/mol. The van der Waals surface area contributed by atoms with E-state index in [2.05, 4.69) is 10.6 Å². The molecule has 1 unspecified atom stereocenters. The van der Waals surface area contributed by atoms with Crippen molar-refractivity contribution in [3.05, 3.63) is 94.7 Å². The summed E-state index contributed by atoms with van der Waals surface area (Å²) in [5.41, 5.74) is 1.04. The van der Waals surface area contributed by atoms with Crippen LogP contribution < -0.4 is 26.8 Å². The number of fused-ring (bicyclic) bond motifs is 2. The Morgan fingerprint density at radius 1 is 0.667 bits per heavy atom. The zero-order valence-electron chi connectivity index (χ0n) is 41.5. The third-order valence-electron chi connectivity index (χ3n) is 13.2. The minimum absolute atomic E-state index is 0.0199. The van der Waals surface area contributed by atoms with Gasteiger partial charge < -0.3 is 15.5 Å². The number of nitrogens with two attached hydrogens (primary N) is 1. The van der Waals surface area contributed by atoms with E-state index >= 15 is 0 Å². The summed E-state index contributed by atoms with van der Waals surface area (Å²) < 4.78 is 170. The number of nitrogens with one attached hydrogen (secondary N) is 3. The van der Waals surface area contributed by atoms with Crippen molar-refractivity contribution in [3.8, 4) is 0 Å². The number of rotatable bonds is 24. The third kappa shape index (κ3) is 15.5. The van der Waals surface area contributed by atoms with E-state index in [1.165, 1.54) is 36.4 Å². The van der Waals surface area contributed by atoms with Gasteiger partial charge in [-0.05, 0) is 99.1 Å². The molecule has 0 bridgehead atoms. The molecule has 0 saturated carbocycles. The van der Waals surface area contributed by atoms with Gasteiger partial charge in [-0.3, -0.25) is 42.6 Å². The lowest BCUT2D eigenvalue weighted by Crippen LogP contribution is -2.53. The third-order valence-corrected chi connectivity index (χ3v) is 17.3. The second-order valence-corrected chi connectivity index (χ2v) is 27.0. The summed E-state index contributed by atoms with van der Waals surface area (Å²) in [7, 11) is -22.8. The van der Waals surface area contributed by atoms with Gasteiger partial charge in [-0.2, -0.15) is 46.7 Å². The van der Waals surface area contributed by atoms with E-state index in [1.54, 1.807) is 67.6 Å². The van der Waals surface area contributed by atoms with Gasteiger partial charge in [0.2, 0.25) is 23.4 Å². The maximum Gasteiger partial charge on any atom is 0.294 e. The molecule has 2 aromatic carbocycles. The molecule has 2 aliphatic heterocycles. The smallest absolute Gasteiger partial charge is 0.294 e. The van der Waals surface area contributed by atoms with Gasteiger partial charge in [0, 0.05) is 67.0 Å². The number of amides is 3. The Morgan fingerprint density at radius 3 is 1.83 bits per heavy atom. The Morgan fingerprint density at radius 2 is 1.24 bits per heavy atom. The molecule has 5 rings (SSSR count). The molecule has 10 N–H and O–H groups in total. The number of hydrazine groups is 1. The molecule has 2 aromatic rings. The van der Waals surface area contributed by atoms with Gasteiger partial charge in [0.25, 0.3) is 50.6 Å². The first-order valence-corrected chi connectivity index (χ1v) is 31.1. The molecular formula is C46H63N6O18S5+. The Hall–Kier alpha value is -5.21. The van der Waals surface area contributed by atoms with E-state index in [0.29, 0.717) is 64.3 Å². The van der Waals surface area contributed by atoms with Crippen LogP contribution in [0.25, 0.3) is 0 Å². The van der Waals surface area contributed by atoms with E-state index in [9.17, 15) is 79.2 Å². The Bertz CT molecular complexity index is 3350. The minimum atomic E-state index is -4.69. The number of carbonyl (C=O) groups excluding carboxylic acids is 3. The summed E-state index contributed by atoms with van der Waals surface area (Å²) >= 11 is 0. The number of carbonyl (C=O) groups is 3. The van der Waals surface area contributed by atoms with E-state index in [0.717, 1.165) is 0 Å². The van der Waals surface area contributed by atoms with Crippen LogP contribution in [-0.2, 0) is 75.8 Å². The quantitative estimate of drug-likeness (QED) is 0.0139. The van der Waals surface area contributed by atoms with Crippen LogP contribution in [0.15, 0.2) is 93.4 Å². The number of hydrogen-bond donors (Lipinski definition) is 9. The monoisotopic (exact) mass is 1150 g/mol. The zero-order chi connectivity index (χ0) is 56.2. The van der Waals surface area contributed by atoms with Crippen molar-refractivity contribution in [1.29, 1.82) is 0 Å². The summed E-state index contributed by atoms with van der Waals surface area (Å²) in [6, 6.07) is 7.74. The molecule has 24 nitrogen and oxygen atoms in total. The second kappa shape index (κ2) is 23.2. The van der Waals surface area contributed by atoms with Gasteiger partial charge >= 0.3 is 0 Å². The van der Waals surface area contributed by atoms with Crippen LogP contribution >= 0.6 is 0 Å². The second-order valence-electron chi connectivity index (χ2n) is 19.5. The Kier molecular flexibility index (Phi) is 18.7. The fraction of sp³-hybridized carbons (Fsp3) is 0.478. The summed E-state index contributed by atoms with van der Waals surface area (Å²) in [5, 5.41) is 5.28. The highest BCUT2D eigenvalue weighted by atomic mass is 32.2. The van der Waals surface area contributed by atoms with Crippen molar-refractivity contribution in [3.63, 3.8) is 0 Å². The molecule has 0 spiro atoms. The SMILES string of the molecule is CC1(C)C(/C=C/C2=CC(=C/C=C3/N(CCCS(=O)(=O)O)c4ccc(S(=O)(=O)O)cc4C3(C)C)/CC(C(=O)NCCCCCC(=O)NN)(C(=O)NCCS(=O)(=O)O)C2)=[N+](CCCS(=O)(=O)O)c2ccc(S(=O)(=O)O)cc21. The van der Waals surface area contributed by atoms with Gasteiger partial charge in [0.1, 0.15) is 12.0 Å². The molecule has 0 saturated heterocycles. The van der Waals surface area contributed by atoms with Crippen molar-refractivity contribution < 1.29 is 83.8 Å². The van der Waals surface area contributed by atoms with Crippen LogP contribution in [-0.4, -0.2) is 136 Å². The molecule has 75 heavy (non-hydrogen) atoms. The van der Waals surface area contributed by atoms with Crippen LogP contribution in [0.1, 0.15) is 90.2 Å². The van der Waals surface area contributed by atoms with Crippen molar-refractivity contribution in [2.75, 3.05) is 48.3 Å². The average Bonchev–Trinajstić information content (AvgIpc) is 3.63. The van der Waals surface area contributed by atoms with Crippen LogP contribution in [0.4, 0.5) is 11.4 Å². The number of allylic oxidation sites excluding steroid dienone is 8. The molecule has 1 atom stereocenters. The lowest BCUT2D eigenvalue weighted by atomic mass is 9.70. The van der Waals surface area contributed by atoms with Gasteiger partial charge in [-0.25, -0.2) is 5.84 Å². The number of anilines is 1. The van der Waals surface area contributed by atoms with Gasteiger partial charge in [-0.15, -0.1) is 0 Å². The van der Waals surface area contributed by atoms with Crippen molar-refractivity contribution in [2.24, 2.45) is 11.3 Å². The number of unbranched alkanes of at least 4 members (excludes halogenated alkanes) is 2. The van der Waals surface area contributed by atoms with E-state index < -0.39 is 118 Å². The molecule has 0 aromatic heterocycles. The van der Waals surface area contributed by atoms with Crippen molar-refractivity contribution in [2.45, 2.75) is 99.7 Å². The lowest BCUT2D eigenvalue weighted by molar-refractivity contribution is -0.437. The van der Waals surface area contributed by atoms with Gasteiger partial charge in [0.15, 0.2) is 5.71 Å². The number of benzene rings is 2. The molecule has 3 amide bonds. The standard InChI is InChI=1S/C46H62N6O18S5/c1-44(2)35-27-33(74(65,66)67)13-15-37(35)51(21-8-23-71(56,57)58)39(44)17-11-31-26-32(30-46(29-31,43(55)49-20-25-73(62,63)64)42(54)48-19-7-5-6-10-41(53)50-47)12-18-40-45(3,4)36-28-34(75(68,69)70)14-16-38(36)52(40)22-9-24-72(59,60)61/h11-18,26-28H,5-10,19-25,29-30,47H2,1-4H3,(H7-,48,49,50,53,54,55,56,57,58,59,60,61,62,63,64,65,66,67,68,69,70)/p+1. The van der Waals surface area contributed by atoms with E-state index in [-0.39, 0.29) is 51.7 Å². The molecule has 1 aliphatic carbocycles. The molecule has 29 heteroatoms. The first-order valence-electron chi connectivity index (χ1n) is 23.4. The van der Waals surface area contributed by atoms with E-state index in [4.69, 9.17) is 5.84 Å². The minimum Gasteiger partial charge on any atom is -0.355 e. The Labute approximate surface area is 437 Å². The normalized spacial score (nSPS) is 19.8. The van der Waals surface area contributed by atoms with Crippen LogP contribution in [0.5, 0.6) is 0 Å². The summed E-state index contributed by atoms with van der Waals surface area (Å²) in [6.45, 7) is 6.30. The highest BCUT2D eigenvalue weighted by Crippen LogP contribution is 2.49. The highest BCUT2D eigenvalue weighted by molar-refractivity contribution is 7.86. The highest BCUT2D eigenvalue weighted by Gasteiger charge is 2.49. The first-order chi connectivity index (χ1) is 34.5. The first kappa shape index (κ1) is 60.7. The fourth-order valence-electron chi connectivity index (χ4n) is 9.53. The van der Waals surface area contributed by atoms with Gasteiger partial charge in [0.05, 0.1) is 32.5 Å².